The van der Waals surface area contributed by atoms with Gasteiger partial charge in [-0.1, -0.05) is 0 Å². The lowest BCUT2D eigenvalue weighted by Crippen LogP contribution is -2.36. The predicted octanol–water partition coefficient (Wildman–Crippen LogP) is 1.53. The number of imidazole rings is 1. The monoisotopic (exact) mass is 197 g/mol. The molecule has 0 atom stereocenters. The van der Waals surface area contributed by atoms with Crippen molar-refractivity contribution in [3.05, 3.63) is 18.2 Å². The van der Waals surface area contributed by atoms with Gasteiger partial charge in [-0.15, -0.1) is 0 Å². The highest BCUT2D eigenvalue weighted by atomic mass is 16.5. The molecular weight excluding hydrogens is 176 g/mol. The summed E-state index contributed by atoms with van der Waals surface area (Å²) >= 11 is 0. The Bertz CT molecular complexity index is 268. The zero-order valence-corrected chi connectivity index (χ0v) is 9.49. The normalized spacial score (nSPS) is 10.8. The van der Waals surface area contributed by atoms with E-state index in [1.165, 1.54) is 5.82 Å². The third-order valence-corrected chi connectivity index (χ3v) is 2.49. The molecule has 0 amide bonds. The van der Waals surface area contributed by atoms with Crippen molar-refractivity contribution >= 4 is 0 Å². The highest BCUT2D eigenvalue weighted by Gasteiger charge is 2.09. The highest BCUT2D eigenvalue weighted by molar-refractivity contribution is 4.78. The molecule has 1 aromatic heterocycles. The van der Waals surface area contributed by atoms with Crippen LogP contribution in [-0.2, 0) is 17.8 Å². The van der Waals surface area contributed by atoms with Crippen LogP contribution in [0.3, 0.4) is 0 Å². The van der Waals surface area contributed by atoms with E-state index in [0.717, 1.165) is 32.7 Å². The second-order valence-electron chi connectivity index (χ2n) is 3.38. The lowest BCUT2D eigenvalue weighted by atomic mass is 10.4. The molecule has 0 aliphatic heterocycles. The van der Waals surface area contributed by atoms with Crippen molar-refractivity contribution in [3.8, 4) is 0 Å². The number of rotatable bonds is 6. The first-order valence-corrected chi connectivity index (χ1v) is 5.42. The van der Waals surface area contributed by atoms with Gasteiger partial charge in [0.25, 0.3) is 5.82 Å². The van der Waals surface area contributed by atoms with Gasteiger partial charge < -0.3 is 4.74 Å². The Hall–Kier alpha value is -0.830. The molecule has 1 rings (SSSR count). The number of aryl methyl sites for hydroxylation is 2. The van der Waals surface area contributed by atoms with Crippen LogP contribution in [0.1, 0.15) is 26.1 Å². The molecule has 0 saturated carbocycles. The van der Waals surface area contributed by atoms with Crippen LogP contribution >= 0.6 is 0 Å². The van der Waals surface area contributed by atoms with Crippen molar-refractivity contribution in [2.45, 2.75) is 40.3 Å². The van der Waals surface area contributed by atoms with Gasteiger partial charge in [0.15, 0.2) is 0 Å². The van der Waals surface area contributed by atoms with E-state index in [1.54, 1.807) is 0 Å². The second kappa shape index (κ2) is 5.81. The van der Waals surface area contributed by atoms with E-state index in [4.69, 9.17) is 4.74 Å². The van der Waals surface area contributed by atoms with Gasteiger partial charge in [-0.25, -0.2) is 9.13 Å². The molecule has 0 saturated heterocycles. The molecule has 0 spiro atoms. The molecule has 0 N–H and O–H groups in total. The highest BCUT2D eigenvalue weighted by Crippen LogP contribution is 1.94. The van der Waals surface area contributed by atoms with Crippen LogP contribution in [0, 0.1) is 6.92 Å². The van der Waals surface area contributed by atoms with Gasteiger partial charge in [0, 0.05) is 20.0 Å². The van der Waals surface area contributed by atoms with Gasteiger partial charge in [-0.2, -0.15) is 0 Å². The van der Waals surface area contributed by atoms with E-state index in [0.29, 0.717) is 0 Å². The van der Waals surface area contributed by atoms with Crippen LogP contribution < -0.4 is 4.57 Å². The summed E-state index contributed by atoms with van der Waals surface area (Å²) in [5.41, 5.74) is 0. The third-order valence-electron chi connectivity index (χ3n) is 2.49. The standard InChI is InChI=1S/C11H21N2O/c1-4-12-8-9-13(11(12)3)7-6-10-14-5-2/h8-9H,4-7,10H2,1-3H3/q+1. The quantitative estimate of drug-likeness (QED) is 0.499. The number of aromatic nitrogens is 2. The first kappa shape index (κ1) is 11.2. The number of hydrogen-bond donors (Lipinski definition) is 0. The molecule has 3 nitrogen and oxygen atoms in total. The van der Waals surface area contributed by atoms with Crippen molar-refractivity contribution in [2.24, 2.45) is 0 Å². The summed E-state index contributed by atoms with van der Waals surface area (Å²) in [5, 5.41) is 0. The largest absolute Gasteiger partial charge is 0.382 e. The lowest BCUT2D eigenvalue weighted by Gasteiger charge is -2.00. The summed E-state index contributed by atoms with van der Waals surface area (Å²) in [6.45, 7) is 10.1. The van der Waals surface area contributed by atoms with Crippen molar-refractivity contribution in [2.75, 3.05) is 13.2 Å². The van der Waals surface area contributed by atoms with E-state index in [-0.39, 0.29) is 0 Å². The minimum Gasteiger partial charge on any atom is -0.382 e. The number of nitrogens with zero attached hydrogens (tertiary/aromatic N) is 2. The molecule has 1 heterocycles. The van der Waals surface area contributed by atoms with Gasteiger partial charge in [0.2, 0.25) is 0 Å². The Balaban J connectivity index is 2.39. The Kier molecular flexibility index (Phi) is 4.66. The molecule has 0 aliphatic rings. The van der Waals surface area contributed by atoms with Gasteiger partial charge in [-0.05, 0) is 13.8 Å². The van der Waals surface area contributed by atoms with Crippen molar-refractivity contribution in [1.29, 1.82) is 0 Å². The second-order valence-corrected chi connectivity index (χ2v) is 3.38. The van der Waals surface area contributed by atoms with Crippen LogP contribution in [0.2, 0.25) is 0 Å². The summed E-state index contributed by atoms with van der Waals surface area (Å²) in [6.07, 6.45) is 5.37. The lowest BCUT2D eigenvalue weighted by molar-refractivity contribution is -0.703. The molecule has 14 heavy (non-hydrogen) atoms. The summed E-state index contributed by atoms with van der Waals surface area (Å²) < 4.78 is 9.84. The zero-order valence-electron chi connectivity index (χ0n) is 9.49. The first-order chi connectivity index (χ1) is 6.79. The summed E-state index contributed by atoms with van der Waals surface area (Å²) in [6, 6.07) is 0. The average molecular weight is 197 g/mol. The first-order valence-electron chi connectivity index (χ1n) is 5.42. The molecule has 0 unspecified atom stereocenters. The zero-order chi connectivity index (χ0) is 10.4. The average Bonchev–Trinajstić information content (AvgIpc) is 2.55. The molecule has 0 radical (unpaired) electrons. The van der Waals surface area contributed by atoms with E-state index in [1.807, 2.05) is 6.92 Å². The fourth-order valence-electron chi connectivity index (χ4n) is 1.59. The topological polar surface area (TPSA) is 18.0 Å². The summed E-state index contributed by atoms with van der Waals surface area (Å²) in [5.74, 6) is 1.32. The van der Waals surface area contributed by atoms with Crippen LogP contribution in [0.5, 0.6) is 0 Å². The molecule has 80 valence electrons. The Labute approximate surface area is 86.3 Å². The number of ether oxygens (including phenoxy) is 1. The molecule has 0 fully saturated rings. The Morgan fingerprint density at radius 1 is 1.43 bits per heavy atom. The smallest absolute Gasteiger partial charge is 0.253 e. The molecule has 1 aromatic rings. The summed E-state index contributed by atoms with van der Waals surface area (Å²) in [7, 11) is 0. The molecule has 0 aromatic carbocycles. The van der Waals surface area contributed by atoms with E-state index in [9.17, 15) is 0 Å². The van der Waals surface area contributed by atoms with Crippen molar-refractivity contribution in [3.63, 3.8) is 0 Å². The SMILES string of the molecule is CCOCCC[n+]1ccn(CC)c1C. The van der Waals surface area contributed by atoms with Crippen molar-refractivity contribution in [1.82, 2.24) is 4.57 Å². The van der Waals surface area contributed by atoms with Crippen LogP contribution in [-0.4, -0.2) is 17.8 Å². The van der Waals surface area contributed by atoms with E-state index < -0.39 is 0 Å². The third kappa shape index (κ3) is 2.84. The van der Waals surface area contributed by atoms with Gasteiger partial charge in [-0.3, -0.25) is 0 Å². The van der Waals surface area contributed by atoms with Gasteiger partial charge in [0.05, 0.1) is 19.7 Å². The maximum Gasteiger partial charge on any atom is 0.253 e. The Morgan fingerprint density at radius 3 is 2.79 bits per heavy atom. The maximum absolute atomic E-state index is 5.31. The van der Waals surface area contributed by atoms with E-state index in [2.05, 4.69) is 35.4 Å². The van der Waals surface area contributed by atoms with Crippen LogP contribution in [0.4, 0.5) is 0 Å². The molecule has 0 bridgehead atoms. The van der Waals surface area contributed by atoms with E-state index >= 15 is 0 Å². The predicted molar refractivity (Wildman–Crippen MR) is 56.1 cm³/mol. The van der Waals surface area contributed by atoms with Gasteiger partial charge in [0.1, 0.15) is 12.4 Å². The van der Waals surface area contributed by atoms with Crippen LogP contribution in [0.25, 0.3) is 0 Å². The Morgan fingerprint density at radius 2 is 2.21 bits per heavy atom. The van der Waals surface area contributed by atoms with Crippen LogP contribution in [0.15, 0.2) is 12.4 Å². The number of hydrogen-bond acceptors (Lipinski definition) is 1. The minimum absolute atomic E-state index is 0.819. The molecule has 3 heteroatoms. The fraction of sp³-hybridized carbons (Fsp3) is 0.727. The molecular formula is C11H21N2O+. The maximum atomic E-state index is 5.31. The van der Waals surface area contributed by atoms with Crippen molar-refractivity contribution < 1.29 is 9.30 Å². The fourth-order valence-corrected chi connectivity index (χ4v) is 1.59. The summed E-state index contributed by atoms with van der Waals surface area (Å²) in [4.78, 5) is 0. The molecule has 0 aliphatic carbocycles. The minimum atomic E-state index is 0.819. The van der Waals surface area contributed by atoms with Gasteiger partial charge >= 0.3 is 0 Å².